The summed E-state index contributed by atoms with van der Waals surface area (Å²) in [4.78, 5) is 18.0. The van der Waals surface area contributed by atoms with Gasteiger partial charge in [0.05, 0.1) is 7.11 Å². The Hall–Kier alpha value is -2.50. The van der Waals surface area contributed by atoms with E-state index >= 15 is 0 Å². The van der Waals surface area contributed by atoms with Gasteiger partial charge in [0.1, 0.15) is 11.6 Å². The average Bonchev–Trinajstić information content (AvgIpc) is 2.83. The molecule has 0 unspecified atom stereocenters. The molecule has 21 heavy (non-hydrogen) atoms. The number of nitrogen functional groups attached to an aromatic ring is 1. The van der Waals surface area contributed by atoms with Gasteiger partial charge in [-0.3, -0.25) is 4.57 Å². The second-order valence-corrected chi connectivity index (χ2v) is 4.85. The van der Waals surface area contributed by atoms with Crippen LogP contribution in [0.25, 0.3) is 5.69 Å². The summed E-state index contributed by atoms with van der Waals surface area (Å²) in [5.41, 5.74) is 8.19. The predicted molar refractivity (Wildman–Crippen MR) is 83.0 cm³/mol. The number of hydrogen-bond donors (Lipinski definition) is 1. The maximum Gasteiger partial charge on any atom is 0.360 e. The number of esters is 1. The van der Waals surface area contributed by atoms with E-state index in [1.807, 2.05) is 50.2 Å². The lowest BCUT2D eigenvalue weighted by molar-refractivity contribution is 0.0596. The Balaban J connectivity index is 2.52. The number of carbonyl (C=O) groups is 1. The molecule has 0 saturated heterocycles. The second-order valence-electron chi connectivity index (χ2n) is 4.85. The van der Waals surface area contributed by atoms with Gasteiger partial charge < -0.3 is 15.4 Å². The van der Waals surface area contributed by atoms with Gasteiger partial charge in [0, 0.05) is 31.9 Å². The molecule has 0 spiro atoms. The normalized spacial score (nSPS) is 10.5. The standard InChI is InChI=1S/C15H20N4O2/c1-5-12-17-13(15(20)21-4)14(16)19(12)11-8-6-10(7-9-11)18(2)3/h6-9H,5,16H2,1-4H3. The van der Waals surface area contributed by atoms with Crippen molar-refractivity contribution in [2.75, 3.05) is 31.8 Å². The lowest BCUT2D eigenvalue weighted by Crippen LogP contribution is -2.10. The van der Waals surface area contributed by atoms with Gasteiger partial charge in [-0.25, -0.2) is 9.78 Å². The van der Waals surface area contributed by atoms with E-state index in [1.54, 1.807) is 4.57 Å². The number of methoxy groups -OCH3 is 1. The molecular weight excluding hydrogens is 268 g/mol. The number of anilines is 2. The third-order valence-electron chi connectivity index (χ3n) is 3.30. The fourth-order valence-electron chi connectivity index (χ4n) is 2.15. The van der Waals surface area contributed by atoms with E-state index in [-0.39, 0.29) is 5.69 Å². The summed E-state index contributed by atoms with van der Waals surface area (Å²) in [6, 6.07) is 7.89. The van der Waals surface area contributed by atoms with E-state index in [2.05, 4.69) is 4.98 Å². The van der Waals surface area contributed by atoms with Crippen LogP contribution in [0, 0.1) is 0 Å². The van der Waals surface area contributed by atoms with Crippen molar-refractivity contribution >= 4 is 17.5 Å². The average molecular weight is 288 g/mol. The monoisotopic (exact) mass is 288 g/mol. The number of aryl methyl sites for hydroxylation is 1. The summed E-state index contributed by atoms with van der Waals surface area (Å²) >= 11 is 0. The van der Waals surface area contributed by atoms with Gasteiger partial charge in [0.2, 0.25) is 0 Å². The fraction of sp³-hybridized carbons (Fsp3) is 0.333. The van der Waals surface area contributed by atoms with Crippen LogP contribution in [0.3, 0.4) is 0 Å². The minimum Gasteiger partial charge on any atom is -0.464 e. The van der Waals surface area contributed by atoms with Gasteiger partial charge in [-0.2, -0.15) is 0 Å². The zero-order valence-electron chi connectivity index (χ0n) is 12.8. The van der Waals surface area contributed by atoms with Crippen molar-refractivity contribution in [3.05, 3.63) is 35.8 Å². The summed E-state index contributed by atoms with van der Waals surface area (Å²) in [5.74, 6) is 0.507. The van der Waals surface area contributed by atoms with E-state index in [9.17, 15) is 4.79 Å². The predicted octanol–water partition coefficient (Wildman–Crippen LogP) is 1.87. The van der Waals surface area contributed by atoms with Crippen molar-refractivity contribution < 1.29 is 9.53 Å². The van der Waals surface area contributed by atoms with Gasteiger partial charge in [-0.05, 0) is 24.3 Å². The zero-order valence-corrected chi connectivity index (χ0v) is 12.8. The number of aromatic nitrogens is 2. The van der Waals surface area contributed by atoms with Gasteiger partial charge in [0.15, 0.2) is 5.69 Å². The van der Waals surface area contributed by atoms with Crippen LogP contribution in [-0.2, 0) is 11.2 Å². The number of benzene rings is 1. The minimum atomic E-state index is -0.522. The summed E-state index contributed by atoms with van der Waals surface area (Å²) in [6.45, 7) is 1.97. The quantitative estimate of drug-likeness (QED) is 0.869. The first kappa shape index (κ1) is 14.9. The number of nitrogens with zero attached hydrogens (tertiary/aromatic N) is 3. The van der Waals surface area contributed by atoms with Crippen LogP contribution in [-0.4, -0.2) is 36.7 Å². The Morgan fingerprint density at radius 2 is 1.95 bits per heavy atom. The van der Waals surface area contributed by atoms with Gasteiger partial charge in [-0.15, -0.1) is 0 Å². The van der Waals surface area contributed by atoms with Crippen molar-refractivity contribution in [3.63, 3.8) is 0 Å². The number of ether oxygens (including phenoxy) is 1. The Bertz CT molecular complexity index is 644. The highest BCUT2D eigenvalue weighted by molar-refractivity contribution is 5.92. The van der Waals surface area contributed by atoms with Crippen molar-refractivity contribution in [2.45, 2.75) is 13.3 Å². The number of hydrogen-bond acceptors (Lipinski definition) is 5. The van der Waals surface area contributed by atoms with Crippen LogP contribution in [0.1, 0.15) is 23.2 Å². The highest BCUT2D eigenvalue weighted by Crippen LogP contribution is 2.23. The Kier molecular flexibility index (Phi) is 4.16. The maximum absolute atomic E-state index is 11.7. The van der Waals surface area contributed by atoms with Crippen LogP contribution in [0.5, 0.6) is 0 Å². The van der Waals surface area contributed by atoms with Gasteiger partial charge in [-0.1, -0.05) is 6.92 Å². The second kappa shape index (κ2) is 5.87. The van der Waals surface area contributed by atoms with E-state index in [1.165, 1.54) is 7.11 Å². The highest BCUT2D eigenvalue weighted by Gasteiger charge is 2.21. The number of carbonyl (C=O) groups excluding carboxylic acids is 1. The minimum absolute atomic E-state index is 0.158. The maximum atomic E-state index is 11.7. The highest BCUT2D eigenvalue weighted by atomic mass is 16.5. The molecule has 0 atom stereocenters. The summed E-state index contributed by atoms with van der Waals surface area (Å²) in [7, 11) is 5.28. The first-order chi connectivity index (χ1) is 9.99. The molecule has 0 aliphatic carbocycles. The number of rotatable bonds is 4. The summed E-state index contributed by atoms with van der Waals surface area (Å²) in [5, 5.41) is 0. The molecular formula is C15H20N4O2. The van der Waals surface area contributed by atoms with Crippen molar-refractivity contribution in [2.24, 2.45) is 0 Å². The Morgan fingerprint density at radius 3 is 2.43 bits per heavy atom. The third kappa shape index (κ3) is 2.69. The molecule has 0 amide bonds. The lowest BCUT2D eigenvalue weighted by atomic mass is 10.2. The number of nitrogens with two attached hydrogens (primary N) is 1. The molecule has 6 nitrogen and oxygen atoms in total. The molecule has 0 saturated carbocycles. The molecule has 0 fully saturated rings. The van der Waals surface area contributed by atoms with Gasteiger partial charge >= 0.3 is 5.97 Å². The fourth-order valence-corrected chi connectivity index (χ4v) is 2.15. The molecule has 0 bridgehead atoms. The largest absolute Gasteiger partial charge is 0.464 e. The lowest BCUT2D eigenvalue weighted by Gasteiger charge is -2.14. The molecule has 0 aliphatic heterocycles. The van der Waals surface area contributed by atoms with Crippen LogP contribution in [0.2, 0.25) is 0 Å². The molecule has 112 valence electrons. The van der Waals surface area contributed by atoms with Crippen molar-refractivity contribution in [1.82, 2.24) is 9.55 Å². The smallest absolute Gasteiger partial charge is 0.360 e. The molecule has 1 aromatic heterocycles. The molecule has 0 radical (unpaired) electrons. The molecule has 2 aromatic rings. The van der Waals surface area contributed by atoms with Crippen LogP contribution < -0.4 is 10.6 Å². The van der Waals surface area contributed by atoms with Crippen LogP contribution >= 0.6 is 0 Å². The molecule has 1 aromatic carbocycles. The molecule has 6 heteroatoms. The molecule has 1 heterocycles. The first-order valence-electron chi connectivity index (χ1n) is 6.72. The Morgan fingerprint density at radius 1 is 1.33 bits per heavy atom. The van der Waals surface area contributed by atoms with E-state index < -0.39 is 5.97 Å². The van der Waals surface area contributed by atoms with Crippen LogP contribution in [0.4, 0.5) is 11.5 Å². The Labute approximate surface area is 124 Å². The zero-order chi connectivity index (χ0) is 15.6. The van der Waals surface area contributed by atoms with E-state index in [4.69, 9.17) is 10.5 Å². The molecule has 0 aliphatic rings. The van der Waals surface area contributed by atoms with E-state index in [0.717, 1.165) is 17.2 Å². The summed E-state index contributed by atoms with van der Waals surface area (Å²) < 4.78 is 6.50. The molecule has 2 rings (SSSR count). The van der Waals surface area contributed by atoms with Crippen LogP contribution in [0.15, 0.2) is 24.3 Å². The van der Waals surface area contributed by atoms with Crippen molar-refractivity contribution in [3.8, 4) is 5.69 Å². The molecule has 2 N–H and O–H groups in total. The third-order valence-corrected chi connectivity index (χ3v) is 3.30. The van der Waals surface area contributed by atoms with E-state index in [0.29, 0.717) is 12.2 Å². The van der Waals surface area contributed by atoms with Gasteiger partial charge in [0.25, 0.3) is 0 Å². The number of imidazole rings is 1. The first-order valence-corrected chi connectivity index (χ1v) is 6.72. The summed E-state index contributed by atoms with van der Waals surface area (Å²) in [6.07, 6.45) is 0.663. The van der Waals surface area contributed by atoms with Crippen molar-refractivity contribution in [1.29, 1.82) is 0 Å². The topological polar surface area (TPSA) is 73.4 Å². The SMILES string of the molecule is CCc1nc(C(=O)OC)c(N)n1-c1ccc(N(C)C)cc1.